The Morgan fingerprint density at radius 2 is 2.00 bits per heavy atom. The predicted molar refractivity (Wildman–Crippen MR) is 86.4 cm³/mol. The van der Waals surface area contributed by atoms with Crippen molar-refractivity contribution in [3.8, 4) is 11.5 Å². The average molecular weight is 355 g/mol. The minimum Gasteiger partial charge on any atom is -0.490 e. The highest BCUT2D eigenvalue weighted by Gasteiger charge is 2.42. The van der Waals surface area contributed by atoms with Crippen molar-refractivity contribution < 1.29 is 22.7 Å². The van der Waals surface area contributed by atoms with Crippen LogP contribution < -0.4 is 20.5 Å². The maximum absolute atomic E-state index is 13.0. The Morgan fingerprint density at radius 3 is 2.71 bits per heavy atom. The van der Waals surface area contributed by atoms with E-state index in [-0.39, 0.29) is 23.4 Å². The van der Waals surface area contributed by atoms with Crippen LogP contribution >= 0.6 is 0 Å². The molecule has 0 saturated carbocycles. The lowest BCUT2D eigenvalue weighted by molar-refractivity contribution is -0.123. The molecule has 2 atom stereocenters. The van der Waals surface area contributed by atoms with E-state index >= 15 is 0 Å². The molecule has 0 aliphatic carbocycles. The van der Waals surface area contributed by atoms with Crippen molar-refractivity contribution in [1.29, 1.82) is 0 Å². The van der Waals surface area contributed by atoms with Gasteiger partial charge in [0.05, 0.1) is 18.1 Å². The van der Waals surface area contributed by atoms with Crippen molar-refractivity contribution >= 4 is 15.9 Å². The molecule has 1 aromatic carbocycles. The van der Waals surface area contributed by atoms with Gasteiger partial charge in [0, 0.05) is 32.1 Å². The van der Waals surface area contributed by atoms with Gasteiger partial charge in [-0.3, -0.25) is 4.79 Å². The highest BCUT2D eigenvalue weighted by atomic mass is 32.2. The summed E-state index contributed by atoms with van der Waals surface area (Å²) in [5.41, 5.74) is 5.88. The maximum atomic E-state index is 13.0. The van der Waals surface area contributed by atoms with Crippen molar-refractivity contribution in [3.05, 3.63) is 18.2 Å². The van der Waals surface area contributed by atoms with Crippen molar-refractivity contribution in [2.45, 2.75) is 29.8 Å². The summed E-state index contributed by atoms with van der Waals surface area (Å²) in [6.07, 6.45) is 1.03. The van der Waals surface area contributed by atoms with Gasteiger partial charge < -0.3 is 20.5 Å². The van der Waals surface area contributed by atoms with Crippen molar-refractivity contribution in [2.24, 2.45) is 5.73 Å². The molecular formula is C15H21N3O5S. The van der Waals surface area contributed by atoms with Crippen LogP contribution in [0.2, 0.25) is 0 Å². The monoisotopic (exact) mass is 355 g/mol. The van der Waals surface area contributed by atoms with E-state index < -0.39 is 16.1 Å². The summed E-state index contributed by atoms with van der Waals surface area (Å²) >= 11 is 0. The third-order valence-electron chi connectivity index (χ3n) is 4.16. The molecule has 2 heterocycles. The molecule has 0 spiro atoms. The summed E-state index contributed by atoms with van der Waals surface area (Å²) in [6, 6.07) is 3.32. The molecule has 1 fully saturated rings. The highest BCUT2D eigenvalue weighted by Crippen LogP contribution is 2.34. The van der Waals surface area contributed by atoms with Gasteiger partial charge in [-0.2, -0.15) is 4.31 Å². The number of carbonyl (C=O) groups is 1. The van der Waals surface area contributed by atoms with Crippen LogP contribution in [-0.2, 0) is 14.8 Å². The number of nitrogens with one attached hydrogen (secondary N) is 1. The van der Waals surface area contributed by atoms with E-state index in [4.69, 9.17) is 15.2 Å². The molecule has 9 heteroatoms. The Kier molecular flexibility index (Phi) is 4.66. The van der Waals surface area contributed by atoms with E-state index in [0.717, 1.165) is 10.7 Å². The van der Waals surface area contributed by atoms with Gasteiger partial charge in [0.15, 0.2) is 11.5 Å². The van der Waals surface area contributed by atoms with Gasteiger partial charge >= 0.3 is 0 Å². The molecule has 8 nitrogen and oxygen atoms in total. The molecular weight excluding hydrogens is 334 g/mol. The van der Waals surface area contributed by atoms with E-state index in [0.29, 0.717) is 31.1 Å². The van der Waals surface area contributed by atoms with Gasteiger partial charge in [0.2, 0.25) is 15.9 Å². The normalized spacial score (nSPS) is 24.4. The Bertz CT molecular complexity index is 737. The van der Waals surface area contributed by atoms with Crippen LogP contribution in [0.15, 0.2) is 23.1 Å². The number of hydrogen-bond donors (Lipinski definition) is 2. The van der Waals surface area contributed by atoms with Gasteiger partial charge in [-0.1, -0.05) is 0 Å². The topological polar surface area (TPSA) is 111 Å². The number of nitrogens with zero attached hydrogens (tertiary/aromatic N) is 1. The Morgan fingerprint density at radius 1 is 1.29 bits per heavy atom. The summed E-state index contributed by atoms with van der Waals surface area (Å²) in [6.45, 7) is 1.10. The van der Waals surface area contributed by atoms with Gasteiger partial charge in [-0.05, 0) is 18.6 Å². The Hall–Kier alpha value is -1.84. The molecule has 2 aliphatic rings. The lowest BCUT2D eigenvalue weighted by Crippen LogP contribution is -2.44. The largest absolute Gasteiger partial charge is 0.490 e. The van der Waals surface area contributed by atoms with Crippen LogP contribution in [0, 0.1) is 0 Å². The SMILES string of the molecule is CNC(=O)[C@@H]1C[C@H](N)CN1S(=O)(=O)c1ccc2c(c1)OCCCO2. The first-order chi connectivity index (χ1) is 11.4. The first-order valence-electron chi connectivity index (χ1n) is 7.82. The lowest BCUT2D eigenvalue weighted by atomic mass is 10.2. The van der Waals surface area contributed by atoms with Crippen LogP contribution in [-0.4, -0.2) is 57.5 Å². The molecule has 1 amide bonds. The van der Waals surface area contributed by atoms with Crippen LogP contribution in [0.25, 0.3) is 0 Å². The molecule has 0 bridgehead atoms. The number of likely N-dealkylation sites (N-methyl/N-ethyl adjacent to an activating group) is 1. The third-order valence-corrected chi connectivity index (χ3v) is 6.03. The van der Waals surface area contributed by atoms with Gasteiger partial charge in [0.25, 0.3) is 0 Å². The summed E-state index contributed by atoms with van der Waals surface area (Å²) in [5, 5.41) is 2.49. The van der Waals surface area contributed by atoms with Crippen molar-refractivity contribution in [2.75, 3.05) is 26.8 Å². The van der Waals surface area contributed by atoms with Crippen LogP contribution in [0.4, 0.5) is 0 Å². The molecule has 24 heavy (non-hydrogen) atoms. The van der Waals surface area contributed by atoms with Crippen LogP contribution in [0.5, 0.6) is 11.5 Å². The number of nitrogens with two attached hydrogens (primary N) is 1. The second kappa shape index (κ2) is 6.58. The minimum atomic E-state index is -3.86. The molecule has 1 saturated heterocycles. The zero-order valence-corrected chi connectivity index (χ0v) is 14.2. The second-order valence-electron chi connectivity index (χ2n) is 5.86. The summed E-state index contributed by atoms with van der Waals surface area (Å²) < 4.78 is 38.2. The fourth-order valence-electron chi connectivity index (χ4n) is 2.95. The number of fused-ring (bicyclic) bond motifs is 1. The fourth-order valence-corrected chi connectivity index (χ4v) is 4.62. The average Bonchev–Trinajstić information content (AvgIpc) is 2.82. The number of amides is 1. The molecule has 0 aromatic heterocycles. The molecule has 0 radical (unpaired) electrons. The van der Waals surface area contributed by atoms with Crippen LogP contribution in [0.3, 0.4) is 0 Å². The molecule has 132 valence electrons. The molecule has 2 aliphatic heterocycles. The molecule has 0 unspecified atom stereocenters. The molecule has 1 aromatic rings. The molecule has 3 rings (SSSR count). The van der Waals surface area contributed by atoms with E-state index in [1.807, 2.05) is 0 Å². The smallest absolute Gasteiger partial charge is 0.243 e. The summed E-state index contributed by atoms with van der Waals surface area (Å²) in [5.74, 6) is 0.557. The lowest BCUT2D eigenvalue weighted by Gasteiger charge is -2.23. The molecule has 3 N–H and O–H groups in total. The standard InChI is InChI=1S/C15H21N3O5S/c1-17-15(19)12-7-10(16)9-18(12)24(20,21)11-3-4-13-14(8-11)23-6-2-5-22-13/h3-4,8,10,12H,2,5-7,9,16H2,1H3,(H,17,19)/t10-,12-/m0/s1. The number of rotatable bonds is 3. The van der Waals surface area contributed by atoms with E-state index in [2.05, 4.69) is 5.32 Å². The van der Waals surface area contributed by atoms with Gasteiger partial charge in [0.1, 0.15) is 6.04 Å². The maximum Gasteiger partial charge on any atom is 0.243 e. The second-order valence-corrected chi connectivity index (χ2v) is 7.75. The number of sulfonamides is 1. The minimum absolute atomic E-state index is 0.0646. The quantitative estimate of drug-likeness (QED) is 0.769. The zero-order valence-electron chi connectivity index (χ0n) is 13.4. The zero-order chi connectivity index (χ0) is 17.3. The summed E-state index contributed by atoms with van der Waals surface area (Å²) in [7, 11) is -2.39. The highest BCUT2D eigenvalue weighted by molar-refractivity contribution is 7.89. The third kappa shape index (κ3) is 3.06. The van der Waals surface area contributed by atoms with Crippen molar-refractivity contribution in [3.63, 3.8) is 0 Å². The van der Waals surface area contributed by atoms with Gasteiger partial charge in [-0.15, -0.1) is 0 Å². The predicted octanol–water partition coefficient (Wildman–Crippen LogP) is -0.316. The Balaban J connectivity index is 1.95. The number of hydrogen-bond acceptors (Lipinski definition) is 6. The van der Waals surface area contributed by atoms with Crippen molar-refractivity contribution in [1.82, 2.24) is 9.62 Å². The van der Waals surface area contributed by atoms with E-state index in [1.54, 1.807) is 6.07 Å². The van der Waals surface area contributed by atoms with Gasteiger partial charge in [-0.25, -0.2) is 8.42 Å². The number of benzene rings is 1. The summed E-state index contributed by atoms with van der Waals surface area (Å²) in [4.78, 5) is 12.1. The van der Waals surface area contributed by atoms with Crippen LogP contribution in [0.1, 0.15) is 12.8 Å². The van der Waals surface area contributed by atoms with E-state index in [9.17, 15) is 13.2 Å². The first kappa shape index (κ1) is 17.0. The Labute approximate surface area is 141 Å². The van der Waals surface area contributed by atoms with E-state index in [1.165, 1.54) is 19.2 Å². The fraction of sp³-hybridized carbons (Fsp3) is 0.533. The number of ether oxygens (including phenoxy) is 2. The number of carbonyl (C=O) groups excluding carboxylic acids is 1. The first-order valence-corrected chi connectivity index (χ1v) is 9.26.